The molecule has 0 saturated carbocycles. The first-order valence-electron chi connectivity index (χ1n) is 8.88. The van der Waals surface area contributed by atoms with Gasteiger partial charge in [0.2, 0.25) is 0 Å². The fourth-order valence-electron chi connectivity index (χ4n) is 3.86. The number of nitrogens with one attached hydrogen (secondary N) is 1. The van der Waals surface area contributed by atoms with E-state index in [9.17, 15) is 14.7 Å². The van der Waals surface area contributed by atoms with Gasteiger partial charge in [-0.2, -0.15) is 0 Å². The zero-order valence-electron chi connectivity index (χ0n) is 15.5. The molecule has 5 nitrogen and oxygen atoms in total. The number of carboxylic acid groups (broad SMARTS) is 1. The van der Waals surface area contributed by atoms with Crippen molar-refractivity contribution in [3.8, 4) is 0 Å². The Balaban J connectivity index is 0.00000225. The molecule has 138 valence electrons. The van der Waals surface area contributed by atoms with Gasteiger partial charge in [-0.25, -0.2) is 0 Å². The monoisotopic (exact) mass is 404 g/mol. The van der Waals surface area contributed by atoms with Crippen molar-refractivity contribution in [3.63, 3.8) is 0 Å². The third-order valence-electron chi connectivity index (χ3n) is 5.13. The van der Waals surface area contributed by atoms with Crippen molar-refractivity contribution in [3.05, 3.63) is 70.8 Å². The van der Waals surface area contributed by atoms with Crippen LogP contribution in [0.4, 0.5) is 11.4 Å². The maximum Gasteiger partial charge on any atom is 1.00 e. The van der Waals surface area contributed by atoms with Crippen LogP contribution in [0.25, 0.3) is 0 Å². The van der Waals surface area contributed by atoms with Gasteiger partial charge in [-0.15, -0.1) is 0 Å². The maximum atomic E-state index is 13.2. The minimum Gasteiger partial charge on any atom is -0.548 e. The number of benzene rings is 2. The number of hydrogen-bond donors (Lipinski definition) is 1. The number of anilines is 2. The number of para-hydroxylation sites is 1. The number of fused-ring (bicyclic) bond motifs is 1. The second-order valence-electron chi connectivity index (χ2n) is 6.78. The smallest absolute Gasteiger partial charge is 0.548 e. The first-order chi connectivity index (χ1) is 13.0. The minimum atomic E-state index is -1.19. The Morgan fingerprint density at radius 2 is 1.93 bits per heavy atom. The first kappa shape index (κ1) is 20.9. The van der Waals surface area contributed by atoms with Gasteiger partial charge in [-0.05, 0) is 42.7 Å². The zero-order chi connectivity index (χ0) is 19.0. The molecule has 0 aliphatic carbocycles. The van der Waals surface area contributed by atoms with Crippen LogP contribution >= 0.6 is 11.6 Å². The summed E-state index contributed by atoms with van der Waals surface area (Å²) in [6, 6.07) is 14.0. The number of amides is 1. The molecule has 2 aliphatic rings. The van der Waals surface area contributed by atoms with E-state index in [2.05, 4.69) is 5.32 Å². The van der Waals surface area contributed by atoms with Gasteiger partial charge in [-0.1, -0.05) is 41.9 Å². The summed E-state index contributed by atoms with van der Waals surface area (Å²) in [5.74, 6) is -1.59. The molecule has 0 saturated heterocycles. The fourth-order valence-corrected chi connectivity index (χ4v) is 4.03. The molecular weight excluding hydrogens is 387 g/mol. The van der Waals surface area contributed by atoms with Gasteiger partial charge in [0.25, 0.3) is 5.91 Å². The average Bonchev–Trinajstić information content (AvgIpc) is 2.67. The van der Waals surface area contributed by atoms with E-state index in [1.54, 1.807) is 17.0 Å². The van der Waals surface area contributed by atoms with E-state index in [1.807, 2.05) is 42.5 Å². The molecule has 4 rings (SSSR count). The van der Waals surface area contributed by atoms with Crippen LogP contribution in [-0.4, -0.2) is 24.5 Å². The second-order valence-corrected chi connectivity index (χ2v) is 7.21. The quantitative estimate of drug-likeness (QED) is 0.715. The van der Waals surface area contributed by atoms with E-state index in [1.165, 1.54) is 0 Å². The predicted octanol–water partition coefficient (Wildman–Crippen LogP) is -0.275. The molecule has 2 aromatic rings. The third kappa shape index (κ3) is 3.98. The second kappa shape index (κ2) is 8.70. The standard InChI is InChI=1S/C21H19ClN2O3.Na/c22-13-8-9-15-17(12-19(21(26)27)23-18(15)11-13)16-7-4-10-24(20(16)25)14-5-2-1-3-6-14;/h1-3,5-9,11,17,19,23H,4,10,12H2,(H,26,27);/q;+1/p-1. The van der Waals surface area contributed by atoms with Crippen LogP contribution in [0.3, 0.4) is 0 Å². The van der Waals surface area contributed by atoms with Gasteiger partial charge in [0.15, 0.2) is 0 Å². The van der Waals surface area contributed by atoms with Crippen LogP contribution in [0.2, 0.25) is 5.02 Å². The van der Waals surface area contributed by atoms with Crippen LogP contribution in [0.1, 0.15) is 24.3 Å². The van der Waals surface area contributed by atoms with Crippen molar-refractivity contribution in [2.75, 3.05) is 16.8 Å². The van der Waals surface area contributed by atoms with Crippen LogP contribution in [-0.2, 0) is 9.59 Å². The molecule has 7 heteroatoms. The zero-order valence-corrected chi connectivity index (χ0v) is 18.3. The number of halogens is 1. The van der Waals surface area contributed by atoms with Crippen LogP contribution < -0.4 is 44.9 Å². The number of rotatable bonds is 3. The molecule has 2 aliphatic heterocycles. The summed E-state index contributed by atoms with van der Waals surface area (Å²) in [6.45, 7) is 0.606. The molecule has 0 bridgehead atoms. The molecule has 2 aromatic carbocycles. The molecule has 28 heavy (non-hydrogen) atoms. The van der Waals surface area contributed by atoms with Gasteiger partial charge in [0.05, 0.1) is 12.0 Å². The summed E-state index contributed by atoms with van der Waals surface area (Å²) in [5.41, 5.74) is 2.99. The normalized spacial score (nSPS) is 21.1. The topological polar surface area (TPSA) is 72.5 Å². The van der Waals surface area contributed by atoms with E-state index in [-0.39, 0.29) is 47.8 Å². The van der Waals surface area contributed by atoms with Gasteiger partial charge < -0.3 is 20.1 Å². The van der Waals surface area contributed by atoms with Crippen molar-refractivity contribution < 1.29 is 44.3 Å². The number of nitrogens with zero attached hydrogens (tertiary/aromatic N) is 1. The molecule has 0 fully saturated rings. The summed E-state index contributed by atoms with van der Waals surface area (Å²) >= 11 is 6.08. The Morgan fingerprint density at radius 3 is 2.64 bits per heavy atom. The Bertz CT molecular complexity index is 933. The summed E-state index contributed by atoms with van der Waals surface area (Å²) in [7, 11) is 0. The molecule has 2 atom stereocenters. The van der Waals surface area contributed by atoms with Crippen molar-refractivity contribution in [1.29, 1.82) is 0 Å². The summed E-state index contributed by atoms with van der Waals surface area (Å²) in [4.78, 5) is 26.5. The van der Waals surface area contributed by atoms with Crippen molar-refractivity contribution in [2.24, 2.45) is 0 Å². The maximum absolute atomic E-state index is 13.2. The average molecular weight is 405 g/mol. The Morgan fingerprint density at radius 1 is 1.18 bits per heavy atom. The SMILES string of the molecule is O=C([O-])C1CC(C2=CCCN(c3ccccc3)C2=O)c2ccc(Cl)cc2N1.[Na+]. The molecule has 2 heterocycles. The van der Waals surface area contributed by atoms with Gasteiger partial charge in [0, 0.05) is 34.4 Å². The van der Waals surface area contributed by atoms with E-state index in [0.29, 0.717) is 22.8 Å². The van der Waals surface area contributed by atoms with Gasteiger partial charge in [0.1, 0.15) is 0 Å². The van der Waals surface area contributed by atoms with E-state index >= 15 is 0 Å². The Labute approximate surface area is 190 Å². The molecule has 2 unspecified atom stereocenters. The summed E-state index contributed by atoms with van der Waals surface area (Å²) in [6.07, 6.45) is 2.92. The van der Waals surface area contributed by atoms with Gasteiger partial charge in [-0.3, -0.25) is 4.79 Å². The van der Waals surface area contributed by atoms with Crippen molar-refractivity contribution in [1.82, 2.24) is 0 Å². The minimum absolute atomic E-state index is 0. The van der Waals surface area contributed by atoms with Gasteiger partial charge >= 0.3 is 29.6 Å². The van der Waals surface area contributed by atoms with Crippen molar-refractivity contribution >= 4 is 34.9 Å². The Hall–Kier alpha value is -1.79. The third-order valence-corrected chi connectivity index (χ3v) is 5.36. The van der Waals surface area contributed by atoms with E-state index in [4.69, 9.17) is 11.6 Å². The number of carbonyl (C=O) groups excluding carboxylic acids is 2. The molecule has 0 spiro atoms. The molecule has 1 amide bonds. The molecule has 1 N–H and O–H groups in total. The number of hydrogen-bond acceptors (Lipinski definition) is 4. The van der Waals surface area contributed by atoms with Crippen LogP contribution in [0.15, 0.2) is 60.2 Å². The van der Waals surface area contributed by atoms with Crippen LogP contribution in [0.5, 0.6) is 0 Å². The van der Waals surface area contributed by atoms with Crippen molar-refractivity contribution in [2.45, 2.75) is 24.8 Å². The number of carbonyl (C=O) groups is 2. The first-order valence-corrected chi connectivity index (χ1v) is 9.26. The molecule has 0 aromatic heterocycles. The summed E-state index contributed by atoms with van der Waals surface area (Å²) < 4.78 is 0. The molecular formula is C21H18ClN2NaO3. The summed E-state index contributed by atoms with van der Waals surface area (Å²) in [5, 5.41) is 15.0. The number of carboxylic acids is 1. The molecule has 0 radical (unpaired) electrons. The fraction of sp³-hybridized carbons (Fsp3) is 0.238. The van der Waals surface area contributed by atoms with E-state index in [0.717, 1.165) is 17.7 Å². The largest absolute Gasteiger partial charge is 1.00 e. The van der Waals surface area contributed by atoms with Crippen LogP contribution in [0, 0.1) is 0 Å². The predicted molar refractivity (Wildman–Crippen MR) is 103 cm³/mol. The Kier molecular flexibility index (Phi) is 6.50. The van der Waals surface area contributed by atoms with E-state index < -0.39 is 12.0 Å². The number of aliphatic carboxylic acids is 1.